The molecule has 2 N–H and O–H groups in total. The van der Waals surface area contributed by atoms with E-state index in [2.05, 4.69) is 12.1 Å². The van der Waals surface area contributed by atoms with Gasteiger partial charge in [0.05, 0.1) is 5.00 Å². The number of pyridine rings is 1. The highest BCUT2D eigenvalue weighted by Gasteiger charge is 2.12. The molecule has 0 aliphatic carbocycles. The van der Waals surface area contributed by atoms with Crippen LogP contribution in [0.15, 0.2) is 59.5 Å². The molecule has 0 aliphatic heterocycles. The van der Waals surface area contributed by atoms with Crippen LogP contribution in [-0.4, -0.2) is 4.57 Å². The Labute approximate surface area is 120 Å². The summed E-state index contributed by atoms with van der Waals surface area (Å²) in [5, 5.41) is 0.771. The number of rotatable bonds is 2. The Morgan fingerprint density at radius 3 is 2.50 bits per heavy atom. The van der Waals surface area contributed by atoms with E-state index in [0.717, 1.165) is 26.6 Å². The summed E-state index contributed by atoms with van der Waals surface area (Å²) in [6, 6.07) is 15.5. The summed E-state index contributed by atoms with van der Waals surface area (Å²) >= 11 is 1.56. The van der Waals surface area contributed by atoms with E-state index in [1.807, 2.05) is 36.5 Å². The first kappa shape index (κ1) is 12.7. The molecule has 3 nitrogen and oxygen atoms in total. The first-order chi connectivity index (χ1) is 9.65. The van der Waals surface area contributed by atoms with Crippen molar-refractivity contribution in [2.24, 2.45) is 7.05 Å². The van der Waals surface area contributed by atoms with Crippen LogP contribution in [0, 0.1) is 0 Å². The fraction of sp³-hybridized carbons (Fsp3) is 0.0625. The van der Waals surface area contributed by atoms with Crippen molar-refractivity contribution in [1.82, 2.24) is 4.57 Å². The zero-order valence-corrected chi connectivity index (χ0v) is 11.9. The molecule has 0 fully saturated rings. The average molecular weight is 282 g/mol. The Morgan fingerprint density at radius 1 is 1.05 bits per heavy atom. The number of aromatic nitrogens is 1. The number of aryl methyl sites for hydroxylation is 1. The summed E-state index contributed by atoms with van der Waals surface area (Å²) in [6.07, 6.45) is 1.84. The predicted octanol–water partition coefficient (Wildman–Crippen LogP) is 3.36. The minimum absolute atomic E-state index is 0.0155. The fourth-order valence-corrected chi connectivity index (χ4v) is 3.13. The molecule has 0 unspecified atom stereocenters. The molecule has 0 saturated carbocycles. The SMILES string of the molecule is Cn1cc(-c2cc(N)sc2-c2ccccc2)ccc1=O. The summed E-state index contributed by atoms with van der Waals surface area (Å²) < 4.78 is 1.58. The van der Waals surface area contributed by atoms with Gasteiger partial charge in [-0.15, -0.1) is 11.3 Å². The summed E-state index contributed by atoms with van der Waals surface area (Å²) in [5.41, 5.74) is 9.16. The Balaban J connectivity index is 2.19. The summed E-state index contributed by atoms with van der Waals surface area (Å²) in [4.78, 5) is 12.6. The molecule has 2 aromatic heterocycles. The van der Waals surface area contributed by atoms with Crippen molar-refractivity contribution in [2.45, 2.75) is 0 Å². The van der Waals surface area contributed by atoms with Crippen LogP contribution < -0.4 is 11.3 Å². The van der Waals surface area contributed by atoms with E-state index in [0.29, 0.717) is 0 Å². The monoisotopic (exact) mass is 282 g/mol. The van der Waals surface area contributed by atoms with Crippen molar-refractivity contribution in [3.05, 3.63) is 65.1 Å². The van der Waals surface area contributed by atoms with E-state index in [9.17, 15) is 4.79 Å². The number of nitrogens with two attached hydrogens (primary N) is 1. The zero-order chi connectivity index (χ0) is 14.1. The molecule has 100 valence electrons. The molecule has 0 aliphatic rings. The van der Waals surface area contributed by atoms with Gasteiger partial charge in [0.25, 0.3) is 0 Å². The second-order valence-electron chi connectivity index (χ2n) is 4.62. The maximum Gasteiger partial charge on any atom is 0.250 e. The minimum Gasteiger partial charge on any atom is -0.391 e. The van der Waals surface area contributed by atoms with Crippen molar-refractivity contribution in [1.29, 1.82) is 0 Å². The molecule has 4 heteroatoms. The number of anilines is 1. The Morgan fingerprint density at radius 2 is 1.80 bits per heavy atom. The Kier molecular flexibility index (Phi) is 3.16. The molecule has 20 heavy (non-hydrogen) atoms. The van der Waals surface area contributed by atoms with E-state index in [1.165, 1.54) is 0 Å². The molecule has 3 rings (SSSR count). The lowest BCUT2D eigenvalue weighted by Gasteiger charge is -2.05. The lowest BCUT2D eigenvalue weighted by molar-refractivity contribution is 0.862. The molecule has 3 aromatic rings. The lowest BCUT2D eigenvalue weighted by atomic mass is 10.0. The minimum atomic E-state index is -0.0155. The average Bonchev–Trinajstić information content (AvgIpc) is 2.85. The van der Waals surface area contributed by atoms with Gasteiger partial charge in [-0.1, -0.05) is 30.3 Å². The number of hydrogen-bond acceptors (Lipinski definition) is 3. The van der Waals surface area contributed by atoms with Gasteiger partial charge in [-0.3, -0.25) is 4.79 Å². The van der Waals surface area contributed by atoms with Crippen LogP contribution in [0.1, 0.15) is 0 Å². The number of thiophene rings is 1. The quantitative estimate of drug-likeness (QED) is 0.783. The largest absolute Gasteiger partial charge is 0.391 e. The van der Waals surface area contributed by atoms with Gasteiger partial charge in [0.15, 0.2) is 0 Å². The van der Waals surface area contributed by atoms with Crippen LogP contribution >= 0.6 is 11.3 Å². The van der Waals surface area contributed by atoms with E-state index in [-0.39, 0.29) is 5.56 Å². The molecule has 0 amide bonds. The third-order valence-electron chi connectivity index (χ3n) is 3.18. The highest BCUT2D eigenvalue weighted by molar-refractivity contribution is 7.19. The Bertz CT molecular complexity index is 803. The van der Waals surface area contributed by atoms with E-state index < -0.39 is 0 Å². The fourth-order valence-electron chi connectivity index (χ4n) is 2.18. The third-order valence-corrected chi connectivity index (χ3v) is 4.20. The van der Waals surface area contributed by atoms with Crippen LogP contribution in [0.25, 0.3) is 21.6 Å². The van der Waals surface area contributed by atoms with Gasteiger partial charge in [0.2, 0.25) is 5.56 Å². The van der Waals surface area contributed by atoms with Gasteiger partial charge in [-0.25, -0.2) is 0 Å². The number of hydrogen-bond donors (Lipinski definition) is 1. The van der Waals surface area contributed by atoms with Crippen LogP contribution in [0.4, 0.5) is 5.00 Å². The normalized spacial score (nSPS) is 10.7. The molecular formula is C16H14N2OS. The molecule has 0 atom stereocenters. The Hall–Kier alpha value is -2.33. The lowest BCUT2D eigenvalue weighted by Crippen LogP contribution is -2.13. The van der Waals surface area contributed by atoms with Gasteiger partial charge in [0.1, 0.15) is 0 Å². The van der Waals surface area contributed by atoms with Crippen molar-refractivity contribution in [3.63, 3.8) is 0 Å². The topological polar surface area (TPSA) is 48.0 Å². The van der Waals surface area contributed by atoms with Crippen LogP contribution in [-0.2, 0) is 7.05 Å². The number of nitrogen functional groups attached to an aromatic ring is 1. The van der Waals surface area contributed by atoms with Crippen molar-refractivity contribution in [3.8, 4) is 21.6 Å². The zero-order valence-electron chi connectivity index (χ0n) is 11.0. The van der Waals surface area contributed by atoms with Gasteiger partial charge < -0.3 is 10.3 Å². The smallest absolute Gasteiger partial charge is 0.250 e. The van der Waals surface area contributed by atoms with Gasteiger partial charge in [0, 0.05) is 29.8 Å². The van der Waals surface area contributed by atoms with Gasteiger partial charge in [-0.2, -0.15) is 0 Å². The van der Waals surface area contributed by atoms with E-state index in [1.54, 1.807) is 29.0 Å². The number of nitrogens with zero attached hydrogens (tertiary/aromatic N) is 1. The second-order valence-corrected chi connectivity index (χ2v) is 5.71. The van der Waals surface area contributed by atoms with Crippen LogP contribution in [0.5, 0.6) is 0 Å². The second kappa shape index (κ2) is 4.98. The van der Waals surface area contributed by atoms with Crippen LogP contribution in [0.3, 0.4) is 0 Å². The molecule has 0 saturated heterocycles. The molecular weight excluding hydrogens is 268 g/mol. The molecule has 0 spiro atoms. The summed E-state index contributed by atoms with van der Waals surface area (Å²) in [6.45, 7) is 0. The van der Waals surface area contributed by atoms with Crippen LogP contribution in [0.2, 0.25) is 0 Å². The highest BCUT2D eigenvalue weighted by Crippen LogP contribution is 2.40. The molecule has 2 heterocycles. The maximum absolute atomic E-state index is 11.5. The van der Waals surface area contributed by atoms with Gasteiger partial charge in [-0.05, 0) is 23.3 Å². The molecule has 0 bridgehead atoms. The summed E-state index contributed by atoms with van der Waals surface area (Å²) in [7, 11) is 1.75. The van der Waals surface area contributed by atoms with Crippen molar-refractivity contribution in [2.75, 3.05) is 5.73 Å². The third kappa shape index (κ3) is 2.26. The molecule has 0 radical (unpaired) electrons. The first-order valence-corrected chi connectivity index (χ1v) is 7.08. The van der Waals surface area contributed by atoms with Crippen molar-refractivity contribution < 1.29 is 0 Å². The predicted molar refractivity (Wildman–Crippen MR) is 84.8 cm³/mol. The standard InChI is InChI=1S/C16H14N2OS/c1-18-10-12(7-8-15(18)19)13-9-14(17)20-16(13)11-5-3-2-4-6-11/h2-10H,17H2,1H3. The highest BCUT2D eigenvalue weighted by atomic mass is 32.1. The maximum atomic E-state index is 11.5. The number of benzene rings is 1. The van der Waals surface area contributed by atoms with E-state index >= 15 is 0 Å². The van der Waals surface area contributed by atoms with E-state index in [4.69, 9.17) is 5.73 Å². The first-order valence-electron chi connectivity index (χ1n) is 6.27. The molecule has 1 aromatic carbocycles. The summed E-state index contributed by atoms with van der Waals surface area (Å²) in [5.74, 6) is 0. The van der Waals surface area contributed by atoms with Gasteiger partial charge >= 0.3 is 0 Å². The van der Waals surface area contributed by atoms with Crippen molar-refractivity contribution >= 4 is 16.3 Å².